The molecule has 29 heavy (non-hydrogen) atoms. The molecule has 4 atom stereocenters. The second-order valence-corrected chi connectivity index (χ2v) is 8.28. The third kappa shape index (κ3) is 3.11. The summed E-state index contributed by atoms with van der Waals surface area (Å²) in [6, 6.07) is 5.12. The summed E-state index contributed by atoms with van der Waals surface area (Å²) in [5.74, 6) is 0.0416. The van der Waals surface area contributed by atoms with E-state index in [1.807, 2.05) is 43.4 Å². The van der Waals surface area contributed by atoms with Crippen LogP contribution in [-0.4, -0.2) is 46.1 Å². The number of aromatic nitrogens is 1. The van der Waals surface area contributed by atoms with Crippen molar-refractivity contribution >= 4 is 22.8 Å². The van der Waals surface area contributed by atoms with Crippen molar-refractivity contribution in [2.24, 2.45) is 30.7 Å². The maximum absolute atomic E-state index is 13.5. The van der Waals surface area contributed by atoms with Gasteiger partial charge in [-0.3, -0.25) is 9.59 Å². The summed E-state index contributed by atoms with van der Waals surface area (Å²) in [7, 11) is 1.93. The minimum Gasteiger partial charge on any atom is -0.508 e. The Morgan fingerprint density at radius 2 is 2.00 bits per heavy atom. The lowest BCUT2D eigenvalue weighted by molar-refractivity contribution is -0.152. The average molecular weight is 396 g/mol. The molecule has 2 aromatic rings. The third-order valence-electron chi connectivity index (χ3n) is 6.64. The number of likely N-dealkylation sites (tertiary alicyclic amines) is 1. The number of carbonyl (C=O) groups is 2. The Morgan fingerprint density at radius 3 is 2.72 bits per heavy atom. The molecule has 1 aliphatic carbocycles. The summed E-state index contributed by atoms with van der Waals surface area (Å²) in [6.45, 7) is 7.28. The van der Waals surface area contributed by atoms with E-state index in [-0.39, 0.29) is 41.3 Å². The van der Waals surface area contributed by atoms with E-state index in [2.05, 4.69) is 12.2 Å². The van der Waals surface area contributed by atoms with E-state index in [4.69, 9.17) is 4.74 Å². The highest BCUT2D eigenvalue weighted by atomic mass is 16.5. The monoisotopic (exact) mass is 396 g/mol. The maximum Gasteiger partial charge on any atom is 0.309 e. The predicted molar refractivity (Wildman–Crippen MR) is 111 cm³/mol. The van der Waals surface area contributed by atoms with Crippen molar-refractivity contribution in [1.29, 1.82) is 0 Å². The zero-order valence-electron chi connectivity index (χ0n) is 17.4. The van der Waals surface area contributed by atoms with Crippen LogP contribution in [0, 0.1) is 30.6 Å². The number of nitrogens with zero attached hydrogens (tertiary/aromatic N) is 2. The number of esters is 1. The molecular weight excluding hydrogens is 368 g/mol. The summed E-state index contributed by atoms with van der Waals surface area (Å²) in [5.41, 5.74) is 2.41. The number of ether oxygens (including phenoxy) is 1. The molecule has 1 saturated heterocycles. The van der Waals surface area contributed by atoms with Crippen LogP contribution in [0.15, 0.2) is 30.4 Å². The van der Waals surface area contributed by atoms with E-state index in [1.54, 1.807) is 12.1 Å². The molecule has 6 nitrogen and oxygen atoms in total. The molecule has 1 fully saturated rings. The Balaban J connectivity index is 1.66. The number of phenols is 1. The van der Waals surface area contributed by atoms with Gasteiger partial charge in [0.2, 0.25) is 0 Å². The SMILES string of the molecule is CCOC(=O)[C@@H]1[C@H]2CN(C(=O)c3c(C)n(C)c4ccc(O)cc34)C[C@@H]2C=C[C@@H]1C. The van der Waals surface area contributed by atoms with Crippen LogP contribution in [0.3, 0.4) is 0 Å². The molecule has 1 aromatic carbocycles. The topological polar surface area (TPSA) is 71.8 Å². The van der Waals surface area contributed by atoms with Crippen LogP contribution in [0.5, 0.6) is 5.75 Å². The molecule has 2 heterocycles. The Morgan fingerprint density at radius 1 is 1.24 bits per heavy atom. The van der Waals surface area contributed by atoms with Gasteiger partial charge in [-0.25, -0.2) is 0 Å². The number of amides is 1. The molecule has 0 spiro atoms. The van der Waals surface area contributed by atoms with E-state index in [1.165, 1.54) is 0 Å². The van der Waals surface area contributed by atoms with Gasteiger partial charge in [0.25, 0.3) is 5.91 Å². The molecule has 0 saturated carbocycles. The van der Waals surface area contributed by atoms with Crippen LogP contribution < -0.4 is 0 Å². The molecule has 0 radical (unpaired) electrons. The van der Waals surface area contributed by atoms with Crippen LogP contribution >= 0.6 is 0 Å². The van der Waals surface area contributed by atoms with Crippen molar-refractivity contribution in [3.63, 3.8) is 0 Å². The molecular formula is C23H28N2O4. The summed E-state index contributed by atoms with van der Waals surface area (Å²) in [5, 5.41) is 10.7. The number of aryl methyl sites for hydroxylation is 1. The number of allylic oxidation sites excluding steroid dienone is 1. The summed E-state index contributed by atoms with van der Waals surface area (Å²) in [6.07, 6.45) is 4.23. The molecule has 1 N–H and O–H groups in total. The van der Waals surface area contributed by atoms with E-state index in [0.717, 1.165) is 16.6 Å². The van der Waals surface area contributed by atoms with Crippen molar-refractivity contribution < 1.29 is 19.4 Å². The van der Waals surface area contributed by atoms with Gasteiger partial charge in [0, 0.05) is 36.7 Å². The number of aromatic hydroxyl groups is 1. The number of benzene rings is 1. The molecule has 1 aliphatic heterocycles. The molecule has 1 amide bonds. The van der Waals surface area contributed by atoms with Gasteiger partial charge in [0.05, 0.1) is 18.1 Å². The number of fused-ring (bicyclic) bond motifs is 2. The van der Waals surface area contributed by atoms with Gasteiger partial charge in [-0.15, -0.1) is 0 Å². The minimum absolute atomic E-state index is 0.0447. The highest BCUT2D eigenvalue weighted by Crippen LogP contribution is 2.41. The van der Waals surface area contributed by atoms with Gasteiger partial charge >= 0.3 is 5.97 Å². The van der Waals surface area contributed by atoms with Crippen molar-refractivity contribution in [1.82, 2.24) is 9.47 Å². The van der Waals surface area contributed by atoms with Gasteiger partial charge < -0.3 is 19.3 Å². The predicted octanol–water partition coefficient (Wildman–Crippen LogP) is 3.27. The first-order valence-corrected chi connectivity index (χ1v) is 10.3. The lowest BCUT2D eigenvalue weighted by atomic mass is 9.72. The van der Waals surface area contributed by atoms with Crippen LogP contribution in [0.1, 0.15) is 29.9 Å². The molecule has 1 aromatic heterocycles. The van der Waals surface area contributed by atoms with Crippen LogP contribution in [0.4, 0.5) is 0 Å². The average Bonchev–Trinajstić information content (AvgIpc) is 3.21. The smallest absolute Gasteiger partial charge is 0.309 e. The first-order valence-electron chi connectivity index (χ1n) is 10.3. The van der Waals surface area contributed by atoms with Crippen molar-refractivity contribution in [2.75, 3.05) is 19.7 Å². The zero-order valence-corrected chi connectivity index (χ0v) is 17.4. The Labute approximate surface area is 170 Å². The van der Waals surface area contributed by atoms with E-state index < -0.39 is 0 Å². The second kappa shape index (κ2) is 7.25. The first-order chi connectivity index (χ1) is 13.8. The Bertz CT molecular complexity index is 1010. The molecule has 2 aliphatic rings. The lowest BCUT2D eigenvalue weighted by Crippen LogP contribution is -2.37. The van der Waals surface area contributed by atoms with Crippen LogP contribution in [-0.2, 0) is 16.6 Å². The summed E-state index contributed by atoms with van der Waals surface area (Å²) < 4.78 is 7.31. The molecule has 0 unspecified atom stereocenters. The quantitative estimate of drug-likeness (QED) is 0.639. The number of phenolic OH excluding ortho intramolecular Hbond substituents is 1. The third-order valence-corrected chi connectivity index (χ3v) is 6.64. The lowest BCUT2D eigenvalue weighted by Gasteiger charge is -2.31. The van der Waals surface area contributed by atoms with Crippen LogP contribution in [0.2, 0.25) is 0 Å². The van der Waals surface area contributed by atoms with Crippen molar-refractivity contribution in [2.45, 2.75) is 20.8 Å². The fourth-order valence-electron chi connectivity index (χ4n) is 5.05. The number of hydrogen-bond donors (Lipinski definition) is 1. The molecule has 154 valence electrons. The van der Waals surface area contributed by atoms with Crippen molar-refractivity contribution in [3.05, 3.63) is 41.6 Å². The van der Waals surface area contributed by atoms with Gasteiger partial charge in [-0.1, -0.05) is 19.1 Å². The summed E-state index contributed by atoms with van der Waals surface area (Å²) >= 11 is 0. The van der Waals surface area contributed by atoms with Gasteiger partial charge in [-0.2, -0.15) is 0 Å². The number of rotatable bonds is 3. The fourth-order valence-corrected chi connectivity index (χ4v) is 5.05. The van der Waals surface area contributed by atoms with E-state index >= 15 is 0 Å². The number of carbonyl (C=O) groups excluding carboxylic acids is 2. The second-order valence-electron chi connectivity index (χ2n) is 8.28. The fraction of sp³-hybridized carbons (Fsp3) is 0.478. The largest absolute Gasteiger partial charge is 0.508 e. The van der Waals surface area contributed by atoms with Gasteiger partial charge in [0.15, 0.2) is 0 Å². The minimum atomic E-state index is -0.222. The Hall–Kier alpha value is -2.76. The summed E-state index contributed by atoms with van der Waals surface area (Å²) in [4.78, 5) is 28.0. The van der Waals surface area contributed by atoms with Crippen LogP contribution in [0.25, 0.3) is 10.9 Å². The standard InChI is InChI=1S/C23H28N2O4/c1-5-29-23(28)20-13(2)6-7-15-11-25(12-18(15)20)22(27)21-14(3)24(4)19-9-8-16(26)10-17(19)21/h6-10,13,15,18,20,26H,5,11-12H2,1-4H3/t13-,15-,18-,20-/m0/s1. The highest BCUT2D eigenvalue weighted by Gasteiger charge is 2.46. The molecule has 6 heteroatoms. The van der Waals surface area contributed by atoms with E-state index in [0.29, 0.717) is 25.3 Å². The number of hydrogen-bond acceptors (Lipinski definition) is 4. The normalized spacial score (nSPS) is 26.0. The molecule has 0 bridgehead atoms. The zero-order chi connectivity index (χ0) is 20.9. The Kier molecular flexibility index (Phi) is 4.89. The molecule has 4 rings (SSSR count). The van der Waals surface area contributed by atoms with Gasteiger partial charge in [0.1, 0.15) is 5.75 Å². The first kappa shape index (κ1) is 19.6. The van der Waals surface area contributed by atoms with Crippen molar-refractivity contribution in [3.8, 4) is 5.75 Å². The highest BCUT2D eigenvalue weighted by molar-refractivity contribution is 6.08. The maximum atomic E-state index is 13.5. The van der Waals surface area contributed by atoms with E-state index in [9.17, 15) is 14.7 Å². The van der Waals surface area contributed by atoms with Gasteiger partial charge in [-0.05, 0) is 49.8 Å².